The number of nitrogens with zero attached hydrogens (tertiary/aromatic N) is 3. The molecular weight excluding hydrogens is 505 g/mol. The summed E-state index contributed by atoms with van der Waals surface area (Å²) in [5.74, 6) is 2.24. The third-order valence-corrected chi connectivity index (χ3v) is 5.37. The quantitative estimate of drug-likeness (QED) is 0.295. The van der Waals surface area contributed by atoms with E-state index < -0.39 is 0 Å². The van der Waals surface area contributed by atoms with Crippen LogP contribution in [0, 0.1) is 0 Å². The van der Waals surface area contributed by atoms with E-state index in [1.54, 1.807) is 13.2 Å². The molecule has 0 spiro atoms. The van der Waals surface area contributed by atoms with Gasteiger partial charge in [-0.25, -0.2) is 4.98 Å². The van der Waals surface area contributed by atoms with Crippen molar-refractivity contribution in [3.8, 4) is 0 Å². The molecule has 7 nitrogen and oxygen atoms in total. The summed E-state index contributed by atoms with van der Waals surface area (Å²) in [7, 11) is 1.75. The van der Waals surface area contributed by atoms with E-state index in [9.17, 15) is 5.11 Å². The standard InChI is InChI=1S/C23H35N5O2.HI/c1-23(2,3)20-14-25-21(30-20)15-27-22(24-4)26-13-17-5-7-18(8-6-17)16-28-11-9-19(29)10-12-28;/h5-8,14,19,29H,9-13,15-16H2,1-4H3,(H2,24,26,27);1H. The summed E-state index contributed by atoms with van der Waals surface area (Å²) in [4.78, 5) is 11.0. The SMILES string of the molecule is CN=C(NCc1ccc(CN2CCC(O)CC2)cc1)NCc1ncc(C(C)(C)C)o1.I. The van der Waals surface area contributed by atoms with Gasteiger partial charge in [-0.05, 0) is 24.0 Å². The lowest BCUT2D eigenvalue weighted by Gasteiger charge is -2.29. The number of aromatic nitrogens is 1. The van der Waals surface area contributed by atoms with E-state index in [-0.39, 0.29) is 35.5 Å². The Morgan fingerprint density at radius 2 is 1.74 bits per heavy atom. The highest BCUT2D eigenvalue weighted by Gasteiger charge is 2.19. The predicted molar refractivity (Wildman–Crippen MR) is 135 cm³/mol. The summed E-state index contributed by atoms with van der Waals surface area (Å²) in [6.07, 6.45) is 3.42. The number of piperidine rings is 1. The van der Waals surface area contributed by atoms with Crippen LogP contribution in [0.25, 0.3) is 0 Å². The number of aliphatic imine (C=N–C) groups is 1. The third kappa shape index (κ3) is 8.08. The van der Waals surface area contributed by atoms with Gasteiger partial charge in [-0.2, -0.15) is 0 Å². The Hall–Kier alpha value is -1.65. The number of hydrogen-bond donors (Lipinski definition) is 3. The molecule has 0 bridgehead atoms. The molecule has 0 saturated carbocycles. The van der Waals surface area contributed by atoms with Crippen LogP contribution >= 0.6 is 24.0 Å². The van der Waals surface area contributed by atoms with Crippen molar-refractivity contribution >= 4 is 29.9 Å². The molecule has 0 aliphatic carbocycles. The number of oxazole rings is 1. The Morgan fingerprint density at radius 3 is 2.32 bits per heavy atom. The zero-order valence-corrected chi connectivity index (χ0v) is 21.3. The normalized spacial score (nSPS) is 16.1. The molecule has 0 radical (unpaired) electrons. The first kappa shape index (κ1) is 25.6. The van der Waals surface area contributed by atoms with Crippen LogP contribution in [0.5, 0.6) is 0 Å². The van der Waals surface area contributed by atoms with Crippen LogP contribution in [-0.2, 0) is 25.0 Å². The van der Waals surface area contributed by atoms with Gasteiger partial charge in [0.1, 0.15) is 5.76 Å². The smallest absolute Gasteiger partial charge is 0.213 e. The average Bonchev–Trinajstić information content (AvgIpc) is 3.21. The monoisotopic (exact) mass is 541 g/mol. The van der Waals surface area contributed by atoms with Crippen molar-refractivity contribution in [3.05, 3.63) is 53.2 Å². The molecule has 0 amide bonds. The van der Waals surface area contributed by atoms with E-state index in [1.807, 2.05) is 0 Å². The summed E-state index contributed by atoms with van der Waals surface area (Å²) in [5, 5.41) is 16.2. The van der Waals surface area contributed by atoms with Crippen LogP contribution < -0.4 is 10.6 Å². The number of likely N-dealkylation sites (tertiary alicyclic amines) is 1. The molecule has 1 aliphatic rings. The Morgan fingerprint density at radius 1 is 1.13 bits per heavy atom. The lowest BCUT2D eigenvalue weighted by atomic mass is 9.94. The van der Waals surface area contributed by atoms with Gasteiger partial charge in [-0.1, -0.05) is 45.0 Å². The largest absolute Gasteiger partial charge is 0.443 e. The topological polar surface area (TPSA) is 85.9 Å². The fourth-order valence-corrected chi connectivity index (χ4v) is 3.40. The summed E-state index contributed by atoms with van der Waals surface area (Å²) in [6.45, 7) is 10.4. The van der Waals surface area contributed by atoms with E-state index in [1.165, 1.54) is 11.1 Å². The minimum atomic E-state index is -0.123. The molecule has 0 unspecified atom stereocenters. The van der Waals surface area contributed by atoms with E-state index in [0.29, 0.717) is 24.9 Å². The van der Waals surface area contributed by atoms with Gasteiger partial charge in [0.05, 0.1) is 18.8 Å². The second kappa shape index (κ2) is 11.8. The molecule has 8 heteroatoms. The summed E-state index contributed by atoms with van der Waals surface area (Å²) < 4.78 is 5.81. The molecular formula is C23H36IN5O2. The van der Waals surface area contributed by atoms with Crippen LogP contribution in [0.4, 0.5) is 0 Å². The maximum atomic E-state index is 9.63. The Balaban J connectivity index is 0.00000341. The number of halogens is 1. The van der Waals surface area contributed by atoms with Gasteiger partial charge in [0.15, 0.2) is 5.96 Å². The van der Waals surface area contributed by atoms with Crippen LogP contribution in [0.15, 0.2) is 39.9 Å². The van der Waals surface area contributed by atoms with Crippen LogP contribution in [-0.4, -0.2) is 47.2 Å². The highest BCUT2D eigenvalue weighted by molar-refractivity contribution is 14.0. The zero-order chi connectivity index (χ0) is 21.6. The van der Waals surface area contributed by atoms with Crippen molar-refractivity contribution in [1.82, 2.24) is 20.5 Å². The third-order valence-electron chi connectivity index (χ3n) is 5.37. The molecule has 1 saturated heterocycles. The molecule has 2 aromatic rings. The van der Waals surface area contributed by atoms with Crippen LogP contribution in [0.3, 0.4) is 0 Å². The highest BCUT2D eigenvalue weighted by Crippen LogP contribution is 2.22. The maximum absolute atomic E-state index is 9.63. The first-order valence-electron chi connectivity index (χ1n) is 10.7. The van der Waals surface area contributed by atoms with Gasteiger partial charge < -0.3 is 20.2 Å². The molecule has 1 aromatic carbocycles. The summed E-state index contributed by atoms with van der Waals surface area (Å²) >= 11 is 0. The number of guanidine groups is 1. The number of aliphatic hydroxyl groups excluding tert-OH is 1. The van der Waals surface area contributed by atoms with Crippen LogP contribution in [0.1, 0.15) is 56.4 Å². The first-order chi connectivity index (χ1) is 14.3. The van der Waals surface area contributed by atoms with Gasteiger partial charge in [0.2, 0.25) is 5.89 Å². The minimum Gasteiger partial charge on any atom is -0.443 e. The van der Waals surface area contributed by atoms with Crippen LogP contribution in [0.2, 0.25) is 0 Å². The number of benzene rings is 1. The van der Waals surface area contributed by atoms with Crippen molar-refractivity contribution < 1.29 is 9.52 Å². The minimum absolute atomic E-state index is 0. The lowest BCUT2D eigenvalue weighted by molar-refractivity contribution is 0.0792. The van der Waals surface area contributed by atoms with Crippen molar-refractivity contribution in [2.24, 2.45) is 4.99 Å². The van der Waals surface area contributed by atoms with Gasteiger partial charge in [0.25, 0.3) is 0 Å². The first-order valence-corrected chi connectivity index (χ1v) is 10.7. The fourth-order valence-electron chi connectivity index (χ4n) is 3.40. The number of aliphatic hydroxyl groups is 1. The zero-order valence-electron chi connectivity index (χ0n) is 19.0. The number of rotatable bonds is 6. The Bertz CT molecular complexity index is 821. The fraction of sp³-hybridized carbons (Fsp3) is 0.565. The molecule has 1 fully saturated rings. The molecule has 1 aromatic heterocycles. The lowest BCUT2D eigenvalue weighted by Crippen LogP contribution is -2.36. The number of nitrogens with one attached hydrogen (secondary N) is 2. The molecule has 3 rings (SSSR count). The molecule has 3 N–H and O–H groups in total. The molecule has 1 aliphatic heterocycles. The molecule has 172 valence electrons. The molecule has 2 heterocycles. The van der Waals surface area contributed by atoms with Gasteiger partial charge in [-0.15, -0.1) is 24.0 Å². The number of hydrogen-bond acceptors (Lipinski definition) is 5. The molecule has 31 heavy (non-hydrogen) atoms. The molecule has 0 atom stereocenters. The van der Waals surface area contributed by atoms with Crippen molar-refractivity contribution in [1.29, 1.82) is 0 Å². The summed E-state index contributed by atoms with van der Waals surface area (Å²) in [5.41, 5.74) is 2.45. The van der Waals surface area contributed by atoms with Gasteiger partial charge in [-0.3, -0.25) is 9.89 Å². The van der Waals surface area contributed by atoms with Crippen molar-refractivity contribution in [3.63, 3.8) is 0 Å². The van der Waals surface area contributed by atoms with E-state index >= 15 is 0 Å². The Kier molecular flexibility index (Phi) is 9.77. The maximum Gasteiger partial charge on any atom is 0.213 e. The highest BCUT2D eigenvalue weighted by atomic mass is 127. The van der Waals surface area contributed by atoms with Gasteiger partial charge >= 0.3 is 0 Å². The second-order valence-corrected chi connectivity index (χ2v) is 8.97. The Labute approximate surface area is 202 Å². The van der Waals surface area contributed by atoms with Crippen molar-refractivity contribution in [2.75, 3.05) is 20.1 Å². The second-order valence-electron chi connectivity index (χ2n) is 8.97. The van der Waals surface area contributed by atoms with E-state index in [4.69, 9.17) is 4.42 Å². The summed E-state index contributed by atoms with van der Waals surface area (Å²) in [6, 6.07) is 8.66. The predicted octanol–water partition coefficient (Wildman–Crippen LogP) is 3.41. The van der Waals surface area contributed by atoms with Gasteiger partial charge in [0, 0.05) is 38.6 Å². The average molecular weight is 541 g/mol. The van der Waals surface area contributed by atoms with E-state index in [0.717, 1.165) is 38.2 Å². The van der Waals surface area contributed by atoms with E-state index in [2.05, 4.69) is 70.5 Å². The van der Waals surface area contributed by atoms with Crippen molar-refractivity contribution in [2.45, 2.75) is 64.8 Å².